The highest BCUT2D eigenvalue weighted by atomic mass is 16.5. The molecule has 6 nitrogen and oxygen atoms in total. The number of rotatable bonds is 4. The number of ether oxygens (including phenoxy) is 1. The van der Waals surface area contributed by atoms with Crippen molar-refractivity contribution in [2.24, 2.45) is 9.98 Å². The van der Waals surface area contributed by atoms with Crippen molar-refractivity contribution < 1.29 is 19.1 Å². The van der Waals surface area contributed by atoms with Gasteiger partial charge >= 0.3 is 5.97 Å². The Kier molecular flexibility index (Phi) is 4.73. The second-order valence-corrected chi connectivity index (χ2v) is 4.29. The Labute approximate surface area is 125 Å². The van der Waals surface area contributed by atoms with E-state index >= 15 is 0 Å². The Bertz CT molecular complexity index is 799. The summed E-state index contributed by atoms with van der Waals surface area (Å²) in [4.78, 5) is 39.3. The lowest BCUT2D eigenvalue weighted by Crippen LogP contribution is -2.08. The van der Waals surface area contributed by atoms with Crippen LogP contribution in [0.4, 0.5) is 11.4 Å². The van der Waals surface area contributed by atoms with Crippen LogP contribution in [0.3, 0.4) is 0 Å². The van der Waals surface area contributed by atoms with Gasteiger partial charge in [0.1, 0.15) is 5.75 Å². The van der Waals surface area contributed by atoms with Crippen molar-refractivity contribution in [3.8, 4) is 5.75 Å². The summed E-state index contributed by atoms with van der Waals surface area (Å²) < 4.78 is 5.20. The molecule has 2 aromatic carbocycles. The highest BCUT2D eigenvalue weighted by molar-refractivity contribution is 5.91. The molecule has 0 amide bonds. The van der Waals surface area contributed by atoms with Gasteiger partial charge in [0.25, 0.3) is 0 Å². The molecule has 0 unspecified atom stereocenters. The predicted octanol–water partition coefficient (Wildman–Crippen LogP) is 3.15. The summed E-state index contributed by atoms with van der Waals surface area (Å²) in [6, 6.07) is 10.7. The molecule has 0 bridgehead atoms. The number of aliphatic imine (C=N–C) groups is 2. The highest BCUT2D eigenvalue weighted by Gasteiger charge is 2.10. The zero-order valence-corrected chi connectivity index (χ0v) is 11.6. The smallest absolute Gasteiger partial charge is 0.343 e. The number of hydrogen-bond acceptors (Lipinski definition) is 6. The molecule has 0 atom stereocenters. The van der Waals surface area contributed by atoms with Gasteiger partial charge in [-0.05, 0) is 55.0 Å². The minimum atomic E-state index is -0.545. The van der Waals surface area contributed by atoms with E-state index in [1.165, 1.54) is 42.5 Å². The maximum absolute atomic E-state index is 12.0. The first-order chi connectivity index (χ1) is 10.6. The molecule has 0 heterocycles. The molecule has 22 heavy (non-hydrogen) atoms. The van der Waals surface area contributed by atoms with Crippen LogP contribution in [0, 0.1) is 6.92 Å². The molecule has 0 spiro atoms. The molecule has 0 N–H and O–H groups in total. The number of carbonyl (C=O) groups is 1. The zero-order chi connectivity index (χ0) is 15.9. The van der Waals surface area contributed by atoms with Crippen molar-refractivity contribution >= 4 is 29.5 Å². The SMILES string of the molecule is Cc1cc(C(=O)Oc2ccc(N=C=O)cc2)ccc1N=C=O. The monoisotopic (exact) mass is 294 g/mol. The topological polar surface area (TPSA) is 85.2 Å². The number of carbonyl (C=O) groups excluding carboxylic acids is 3. The van der Waals surface area contributed by atoms with Crippen LogP contribution in [-0.4, -0.2) is 18.1 Å². The quantitative estimate of drug-likeness (QED) is 0.375. The van der Waals surface area contributed by atoms with Gasteiger partial charge in [-0.1, -0.05) is 0 Å². The number of isocyanates is 2. The van der Waals surface area contributed by atoms with E-state index in [0.717, 1.165) is 0 Å². The molecule has 0 aliphatic rings. The lowest BCUT2D eigenvalue weighted by Gasteiger charge is -2.06. The van der Waals surface area contributed by atoms with Gasteiger partial charge in [0, 0.05) is 0 Å². The Morgan fingerprint density at radius 3 is 2.27 bits per heavy atom. The van der Waals surface area contributed by atoms with E-state index in [1.807, 2.05) is 0 Å². The number of hydrogen-bond donors (Lipinski definition) is 0. The Morgan fingerprint density at radius 2 is 1.68 bits per heavy atom. The van der Waals surface area contributed by atoms with Crippen LogP contribution >= 0.6 is 0 Å². The molecule has 0 saturated carbocycles. The predicted molar refractivity (Wildman–Crippen MR) is 78.1 cm³/mol. The average molecular weight is 294 g/mol. The van der Waals surface area contributed by atoms with Gasteiger partial charge < -0.3 is 4.74 Å². The maximum atomic E-state index is 12.0. The molecular formula is C16H10N2O4. The minimum Gasteiger partial charge on any atom is -0.423 e. The van der Waals surface area contributed by atoms with Gasteiger partial charge in [-0.25, -0.2) is 14.4 Å². The largest absolute Gasteiger partial charge is 0.423 e. The number of benzene rings is 2. The van der Waals surface area contributed by atoms with E-state index in [2.05, 4.69) is 9.98 Å². The lowest BCUT2D eigenvalue weighted by atomic mass is 10.1. The summed E-state index contributed by atoms with van der Waals surface area (Å²) in [5.74, 6) is -0.223. The third-order valence-corrected chi connectivity index (χ3v) is 2.82. The van der Waals surface area contributed by atoms with Crippen LogP contribution in [0.15, 0.2) is 52.4 Å². The van der Waals surface area contributed by atoms with Crippen molar-refractivity contribution in [1.82, 2.24) is 0 Å². The van der Waals surface area contributed by atoms with E-state index in [9.17, 15) is 14.4 Å². The molecule has 2 rings (SSSR count). The lowest BCUT2D eigenvalue weighted by molar-refractivity contribution is 0.0734. The number of nitrogens with zero attached hydrogens (tertiary/aromatic N) is 2. The normalized spacial score (nSPS) is 9.32. The van der Waals surface area contributed by atoms with Crippen molar-refractivity contribution in [1.29, 1.82) is 0 Å². The molecule has 0 aliphatic carbocycles. The van der Waals surface area contributed by atoms with Crippen LogP contribution in [0.2, 0.25) is 0 Å². The first kappa shape index (κ1) is 15.1. The average Bonchev–Trinajstić information content (AvgIpc) is 2.51. The van der Waals surface area contributed by atoms with Crippen molar-refractivity contribution in [2.75, 3.05) is 0 Å². The van der Waals surface area contributed by atoms with E-state index in [4.69, 9.17) is 4.74 Å². The standard InChI is InChI=1S/C16H10N2O4/c1-11-8-12(2-7-15(11)18-10-20)16(21)22-14-5-3-13(4-6-14)17-9-19/h2-8H,1H3. The zero-order valence-electron chi connectivity index (χ0n) is 11.6. The summed E-state index contributed by atoms with van der Waals surface area (Å²) in [6.07, 6.45) is 2.87. The summed E-state index contributed by atoms with van der Waals surface area (Å²) in [6.45, 7) is 1.72. The van der Waals surface area contributed by atoms with Crippen LogP contribution in [0.1, 0.15) is 15.9 Å². The molecule has 108 valence electrons. The molecule has 6 heteroatoms. The Morgan fingerprint density at radius 1 is 1.00 bits per heavy atom. The fraction of sp³-hybridized carbons (Fsp3) is 0.0625. The van der Waals surface area contributed by atoms with Gasteiger partial charge in [-0.2, -0.15) is 9.98 Å². The molecule has 0 fully saturated rings. The summed E-state index contributed by atoms with van der Waals surface area (Å²) >= 11 is 0. The minimum absolute atomic E-state index is 0.322. The van der Waals surface area contributed by atoms with Crippen LogP contribution in [0.25, 0.3) is 0 Å². The van der Waals surface area contributed by atoms with Gasteiger partial charge in [0.05, 0.1) is 16.9 Å². The third-order valence-electron chi connectivity index (χ3n) is 2.82. The van der Waals surface area contributed by atoms with E-state index < -0.39 is 5.97 Å². The van der Waals surface area contributed by atoms with Gasteiger partial charge in [0.15, 0.2) is 0 Å². The van der Waals surface area contributed by atoms with Gasteiger partial charge in [-0.15, -0.1) is 0 Å². The summed E-state index contributed by atoms with van der Waals surface area (Å²) in [5, 5.41) is 0. The third kappa shape index (κ3) is 3.61. The fourth-order valence-electron chi connectivity index (χ4n) is 1.76. The highest BCUT2D eigenvalue weighted by Crippen LogP contribution is 2.22. The molecule has 0 saturated heterocycles. The van der Waals surface area contributed by atoms with Crippen LogP contribution in [-0.2, 0) is 9.59 Å². The molecule has 0 radical (unpaired) electrons. The number of esters is 1. The van der Waals surface area contributed by atoms with Crippen molar-refractivity contribution in [3.63, 3.8) is 0 Å². The Balaban J connectivity index is 2.16. The summed E-state index contributed by atoms with van der Waals surface area (Å²) in [5.41, 5.74) is 1.86. The first-order valence-corrected chi connectivity index (χ1v) is 6.22. The van der Waals surface area contributed by atoms with Crippen molar-refractivity contribution in [3.05, 3.63) is 53.6 Å². The maximum Gasteiger partial charge on any atom is 0.343 e. The number of aryl methyl sites for hydroxylation is 1. The summed E-state index contributed by atoms with van der Waals surface area (Å²) in [7, 11) is 0. The van der Waals surface area contributed by atoms with E-state index in [0.29, 0.717) is 28.3 Å². The van der Waals surface area contributed by atoms with Gasteiger partial charge in [0.2, 0.25) is 12.2 Å². The second kappa shape index (κ2) is 6.90. The molecule has 0 aromatic heterocycles. The first-order valence-electron chi connectivity index (χ1n) is 6.22. The van der Waals surface area contributed by atoms with E-state index in [-0.39, 0.29) is 0 Å². The van der Waals surface area contributed by atoms with Gasteiger partial charge in [-0.3, -0.25) is 0 Å². The van der Waals surface area contributed by atoms with E-state index in [1.54, 1.807) is 19.1 Å². The fourth-order valence-corrected chi connectivity index (χ4v) is 1.76. The Hall–Kier alpha value is -3.33. The second-order valence-electron chi connectivity index (χ2n) is 4.29. The van der Waals surface area contributed by atoms with Crippen LogP contribution < -0.4 is 4.74 Å². The molecule has 0 aliphatic heterocycles. The molecule has 2 aromatic rings. The molecular weight excluding hydrogens is 284 g/mol. The van der Waals surface area contributed by atoms with Crippen molar-refractivity contribution in [2.45, 2.75) is 6.92 Å². The van der Waals surface area contributed by atoms with Crippen LogP contribution in [0.5, 0.6) is 5.75 Å².